The maximum Gasteiger partial charge on any atom is 0.269 e. The molecule has 4 aromatic rings. The molecule has 5 rings (SSSR count). The first-order valence-electron chi connectivity index (χ1n) is 11.2. The zero-order valence-corrected chi connectivity index (χ0v) is 20.4. The number of benzene rings is 3. The van der Waals surface area contributed by atoms with Crippen LogP contribution in [-0.2, 0) is 5.72 Å². The molecule has 1 aromatic heterocycles. The number of non-ortho nitro benzene ring substituents is 1. The van der Waals surface area contributed by atoms with Crippen molar-refractivity contribution in [1.82, 2.24) is 14.6 Å². The monoisotopic (exact) mass is 516 g/mol. The Morgan fingerprint density at radius 1 is 1.14 bits per heavy atom. The van der Waals surface area contributed by atoms with Gasteiger partial charge in [-0.1, -0.05) is 36.0 Å². The Balaban J connectivity index is 1.55. The highest BCUT2D eigenvalue weighted by molar-refractivity contribution is 8.14. The summed E-state index contributed by atoms with van der Waals surface area (Å²) in [5.74, 6) is -0.369. The molecule has 0 amide bonds. The second-order valence-corrected chi connectivity index (χ2v) is 9.21. The van der Waals surface area contributed by atoms with Crippen molar-refractivity contribution in [2.24, 2.45) is 10.1 Å². The highest BCUT2D eigenvalue weighted by atomic mass is 32.2. The number of hydrogen-bond acceptors (Lipinski definition) is 7. The number of amidine groups is 1. The van der Waals surface area contributed by atoms with Crippen LogP contribution in [0.5, 0.6) is 0 Å². The van der Waals surface area contributed by atoms with Gasteiger partial charge in [-0.25, -0.2) is 19.4 Å². The van der Waals surface area contributed by atoms with Crippen molar-refractivity contribution in [2.75, 3.05) is 5.75 Å². The molecule has 1 N–H and O–H groups in total. The molecular weight excluding hydrogens is 495 g/mol. The quantitative estimate of drug-likeness (QED) is 0.214. The fraction of sp³-hybridized carbons (Fsp3) is 0.115. The number of nitro benzene ring substituents is 1. The molecule has 0 spiro atoms. The van der Waals surface area contributed by atoms with Gasteiger partial charge in [0.05, 0.1) is 22.7 Å². The van der Waals surface area contributed by atoms with E-state index in [1.165, 1.54) is 53.2 Å². The fourth-order valence-electron chi connectivity index (χ4n) is 3.85. The summed E-state index contributed by atoms with van der Waals surface area (Å²) in [5, 5.41) is 29.2. The van der Waals surface area contributed by atoms with Crippen molar-refractivity contribution in [3.05, 3.63) is 119 Å². The molecule has 1 saturated heterocycles. The number of rotatable bonds is 6. The van der Waals surface area contributed by atoms with Gasteiger partial charge in [-0.3, -0.25) is 10.1 Å². The van der Waals surface area contributed by atoms with Crippen LogP contribution in [0.1, 0.15) is 18.1 Å². The van der Waals surface area contributed by atoms with Crippen molar-refractivity contribution in [1.29, 1.82) is 0 Å². The van der Waals surface area contributed by atoms with E-state index < -0.39 is 16.5 Å². The van der Waals surface area contributed by atoms with E-state index in [0.717, 1.165) is 11.3 Å². The summed E-state index contributed by atoms with van der Waals surface area (Å²) >= 11 is 1.21. The maximum absolute atomic E-state index is 14.4. The topological polar surface area (TPSA) is 109 Å². The lowest BCUT2D eigenvalue weighted by atomic mass is 10.0. The molecule has 37 heavy (non-hydrogen) atoms. The Labute approximate surface area is 215 Å². The van der Waals surface area contributed by atoms with Gasteiger partial charge in [0.2, 0.25) is 0 Å². The summed E-state index contributed by atoms with van der Waals surface area (Å²) in [4.78, 5) is 19.1. The van der Waals surface area contributed by atoms with Crippen LogP contribution in [0.25, 0.3) is 5.69 Å². The molecule has 9 nitrogen and oxygen atoms in total. The molecule has 2 heterocycles. The molecule has 3 aromatic carbocycles. The van der Waals surface area contributed by atoms with Crippen molar-refractivity contribution in [3.63, 3.8) is 0 Å². The predicted molar refractivity (Wildman–Crippen MR) is 141 cm³/mol. The van der Waals surface area contributed by atoms with Gasteiger partial charge >= 0.3 is 0 Å². The average molecular weight is 517 g/mol. The number of para-hydroxylation sites is 1. The zero-order chi connectivity index (χ0) is 26.0. The van der Waals surface area contributed by atoms with Crippen molar-refractivity contribution < 1.29 is 14.4 Å². The largest absolute Gasteiger partial charge is 0.365 e. The smallest absolute Gasteiger partial charge is 0.269 e. The lowest BCUT2D eigenvalue weighted by Gasteiger charge is -2.31. The number of aromatic nitrogens is 2. The molecule has 0 saturated carbocycles. The Hall–Kier alpha value is -4.35. The van der Waals surface area contributed by atoms with Crippen molar-refractivity contribution in [2.45, 2.75) is 12.6 Å². The second kappa shape index (κ2) is 9.96. The molecule has 1 atom stereocenters. The Bertz CT molecular complexity index is 1490. The van der Waals surface area contributed by atoms with Crippen LogP contribution in [0.2, 0.25) is 0 Å². The third kappa shape index (κ3) is 4.86. The van der Waals surface area contributed by atoms with Gasteiger partial charge in [-0.15, -0.1) is 0 Å². The van der Waals surface area contributed by atoms with Gasteiger partial charge < -0.3 is 9.67 Å². The fourth-order valence-corrected chi connectivity index (χ4v) is 4.94. The molecule has 186 valence electrons. The predicted octanol–water partition coefficient (Wildman–Crippen LogP) is 5.23. The van der Waals surface area contributed by atoms with Crippen LogP contribution in [0.3, 0.4) is 0 Å². The number of nitro groups is 1. The van der Waals surface area contributed by atoms with E-state index in [-0.39, 0.29) is 17.1 Å². The van der Waals surface area contributed by atoms with E-state index in [4.69, 9.17) is 5.10 Å². The van der Waals surface area contributed by atoms with Crippen LogP contribution < -0.4 is 0 Å². The van der Waals surface area contributed by atoms with E-state index in [2.05, 4.69) is 9.98 Å². The average Bonchev–Trinajstić information content (AvgIpc) is 3.56. The van der Waals surface area contributed by atoms with Crippen LogP contribution in [0, 0.1) is 15.9 Å². The van der Waals surface area contributed by atoms with Gasteiger partial charge in [0.15, 0.2) is 10.9 Å². The molecule has 1 aliphatic rings. The summed E-state index contributed by atoms with van der Waals surface area (Å²) in [6, 6.07) is 19.4. The number of hydrazone groups is 1. The van der Waals surface area contributed by atoms with Crippen LogP contribution in [0.15, 0.2) is 102 Å². The molecule has 1 fully saturated rings. The molecular formula is C26H21FN6O3S. The molecule has 0 aliphatic carbocycles. The van der Waals surface area contributed by atoms with Gasteiger partial charge in [-0.2, -0.15) is 5.10 Å². The van der Waals surface area contributed by atoms with Crippen LogP contribution in [-0.4, -0.2) is 41.2 Å². The van der Waals surface area contributed by atoms with Crippen molar-refractivity contribution >= 4 is 34.0 Å². The summed E-state index contributed by atoms with van der Waals surface area (Å²) in [6.07, 6.45) is 5.24. The van der Waals surface area contributed by atoms with Gasteiger partial charge in [0, 0.05) is 35.8 Å². The minimum absolute atomic E-state index is 0.0949. The number of aliphatic imine (C=N–C) groups is 1. The van der Waals surface area contributed by atoms with Crippen molar-refractivity contribution in [3.8, 4) is 5.69 Å². The van der Waals surface area contributed by atoms with E-state index >= 15 is 0 Å². The number of halogens is 1. The molecule has 1 aliphatic heterocycles. The number of imidazole rings is 1. The summed E-state index contributed by atoms with van der Waals surface area (Å²) < 4.78 is 16.3. The molecule has 1 unspecified atom stereocenters. The van der Waals surface area contributed by atoms with Gasteiger partial charge in [-0.05, 0) is 48.9 Å². The second-order valence-electron chi connectivity index (χ2n) is 8.27. The van der Waals surface area contributed by atoms with Gasteiger partial charge in [0.25, 0.3) is 5.69 Å². The third-order valence-corrected chi connectivity index (χ3v) is 6.95. The first-order chi connectivity index (χ1) is 17.8. The lowest BCUT2D eigenvalue weighted by Crippen LogP contribution is -2.42. The Morgan fingerprint density at radius 3 is 2.51 bits per heavy atom. The number of aliphatic hydroxyl groups is 1. The third-order valence-electron chi connectivity index (χ3n) is 5.88. The summed E-state index contributed by atoms with van der Waals surface area (Å²) in [5.41, 5.74) is 1.06. The minimum atomic E-state index is -1.66. The number of hydrogen-bond donors (Lipinski definition) is 1. The van der Waals surface area contributed by atoms with Gasteiger partial charge in [0.1, 0.15) is 11.5 Å². The highest BCUT2D eigenvalue weighted by Crippen LogP contribution is 2.41. The van der Waals surface area contributed by atoms with Crippen LogP contribution >= 0.6 is 11.8 Å². The first kappa shape index (κ1) is 24.3. The Morgan fingerprint density at radius 2 is 1.86 bits per heavy atom. The normalized spacial score (nSPS) is 18.9. The van der Waals surface area contributed by atoms with E-state index in [1.54, 1.807) is 31.6 Å². The minimum Gasteiger partial charge on any atom is -0.365 e. The summed E-state index contributed by atoms with van der Waals surface area (Å²) in [6.45, 7) is 1.80. The SMILES string of the molecule is C/C(=N\N1C(=Nc2ccccc2F)SCC1(O)c1ccc([N+](=O)[O-])cc1)c1ccc(-n2ccnc2)cc1. The van der Waals surface area contributed by atoms with Crippen LogP contribution in [0.4, 0.5) is 15.8 Å². The summed E-state index contributed by atoms with van der Waals surface area (Å²) in [7, 11) is 0. The van der Waals surface area contributed by atoms with E-state index in [0.29, 0.717) is 16.4 Å². The molecule has 0 radical (unpaired) electrons. The molecule has 0 bridgehead atoms. The number of thioether (sulfide) groups is 1. The molecule has 11 heteroatoms. The zero-order valence-electron chi connectivity index (χ0n) is 19.6. The highest BCUT2D eigenvalue weighted by Gasteiger charge is 2.46. The lowest BCUT2D eigenvalue weighted by molar-refractivity contribution is -0.384. The number of nitrogens with zero attached hydrogens (tertiary/aromatic N) is 6. The van der Waals surface area contributed by atoms with E-state index in [9.17, 15) is 19.6 Å². The first-order valence-corrected chi connectivity index (χ1v) is 12.2. The Kier molecular flexibility index (Phi) is 6.55. The van der Waals surface area contributed by atoms with E-state index in [1.807, 2.05) is 35.0 Å². The maximum atomic E-state index is 14.4. The standard InChI is InChI=1S/C26H21FN6O3S/c1-18(19-6-10-21(11-7-19)31-15-14-28-17-31)30-32-25(29-24-5-3-2-4-23(24)27)37-16-26(32,34)20-8-12-22(13-9-20)33(35)36/h2-15,17,34H,16H2,1H3/b29-25?,30-18+.